The molecular weight excluding hydrogens is 1380 g/mol. The molecule has 597 valence electrons. The number of carbonyl (C=O) groups is 8. The summed E-state index contributed by atoms with van der Waals surface area (Å²) in [5, 5.41) is 55.9. The van der Waals surface area contributed by atoms with Gasteiger partial charge in [-0.1, -0.05) is 70.6 Å². The Morgan fingerprint density at radius 2 is 0.670 bits per heavy atom. The number of aromatic nitrogens is 4. The standard InChI is InChI=1S/C66H121N10O26S/c77-28-32-91-30-26-69-61(80)24-29-90-33-35-93-37-39-95-41-43-97-45-47-99-49-51-101-53-54-102-52-50-100-48-46-98-44-42-96-40-38-94-36-34-92-31-27-68-60(79)22-20-56(65(84)85)71-63(82)23-21-57(66(86)87)70-62(81)18-14-25-67-59(78)19-15-55-103(88,89)74-64(83)17-13-11-9-7-5-3-1-2-4-6-8-10-12-16-58-72-75-76-73-58/h56-57H,1-55H2,(H,67,78)(H,68,79)(H,69,80)(H,70,81)(H,71,82)(H,74,83)(H,84,85)(H,86,87)(H,72,73,75,76). The number of hydrogen-bond donors (Lipinski definition) is 9. The minimum absolute atomic E-state index is 0.0339. The molecule has 0 saturated carbocycles. The van der Waals surface area contributed by atoms with Gasteiger partial charge < -0.3 is 98.4 Å². The van der Waals surface area contributed by atoms with Crippen LogP contribution in [0.15, 0.2) is 0 Å². The Hall–Kier alpha value is -5.78. The summed E-state index contributed by atoms with van der Waals surface area (Å²) in [4.78, 5) is 97.5. The molecule has 6 amide bonds. The summed E-state index contributed by atoms with van der Waals surface area (Å²) < 4.78 is 97.5. The molecule has 1 aromatic rings. The summed E-state index contributed by atoms with van der Waals surface area (Å²) in [6.07, 6.45) is 13.8. The maximum Gasteiger partial charge on any atom is 0.326 e. The Morgan fingerprint density at radius 3 is 1.07 bits per heavy atom. The van der Waals surface area contributed by atoms with Gasteiger partial charge in [0.2, 0.25) is 45.5 Å². The van der Waals surface area contributed by atoms with Gasteiger partial charge in [0, 0.05) is 64.6 Å². The molecule has 0 saturated heterocycles. The third-order valence-electron chi connectivity index (χ3n) is 14.7. The Bertz CT molecular complexity index is 2380. The molecule has 0 spiro atoms. The lowest BCUT2D eigenvalue weighted by molar-refractivity contribution is -0.143. The van der Waals surface area contributed by atoms with Gasteiger partial charge in [0.05, 0.1) is 178 Å². The fourth-order valence-electron chi connectivity index (χ4n) is 9.22. The van der Waals surface area contributed by atoms with E-state index in [2.05, 4.69) is 51.9 Å². The highest BCUT2D eigenvalue weighted by atomic mass is 32.2. The number of nitrogens with one attached hydrogen (secondary N) is 7. The van der Waals surface area contributed by atoms with E-state index in [9.17, 15) is 62.1 Å². The molecule has 1 heterocycles. The zero-order valence-corrected chi connectivity index (χ0v) is 61.3. The number of aliphatic carboxylic acids is 2. The average molecular weight is 1500 g/mol. The molecular formula is C66H121N10O26S. The molecule has 2 atom stereocenters. The van der Waals surface area contributed by atoms with Crippen molar-refractivity contribution < 1.29 is 124 Å². The molecule has 0 aliphatic carbocycles. The lowest BCUT2D eigenvalue weighted by Gasteiger charge is -2.17. The number of aryl methyl sites for hydroxylation is 1. The van der Waals surface area contributed by atoms with Gasteiger partial charge >= 0.3 is 11.9 Å². The highest BCUT2D eigenvalue weighted by Gasteiger charge is 2.25. The van der Waals surface area contributed by atoms with E-state index < -0.39 is 75.8 Å². The van der Waals surface area contributed by atoms with E-state index in [4.69, 9.17) is 61.6 Å². The SMILES string of the molecule is [O]CCOCCNC(=O)CCOCCOCCOCCOCCOCCOCCOCCOCCOCCOCCOCCOCCNC(=O)CCC(NC(=O)CCC(NC(=O)CCCNC(=O)CCCS(=O)(=O)NC(=O)CCCCCCCCCCCCCCCc1nnn[nH]1)C(=O)O)C(=O)O. The number of carbonyl (C=O) groups excluding carboxylic acids is 6. The van der Waals surface area contributed by atoms with Crippen LogP contribution in [0.25, 0.3) is 0 Å². The quantitative estimate of drug-likeness (QED) is 0.0415. The second kappa shape index (κ2) is 70.5. The molecule has 1 aromatic heterocycles. The number of tetrazole rings is 1. The van der Waals surface area contributed by atoms with Crippen LogP contribution in [0.4, 0.5) is 0 Å². The van der Waals surface area contributed by atoms with E-state index >= 15 is 0 Å². The summed E-state index contributed by atoms with van der Waals surface area (Å²) in [7, 11) is -3.93. The Balaban J connectivity index is 1.91. The van der Waals surface area contributed by atoms with Crippen LogP contribution in [0, 0.1) is 0 Å². The molecule has 0 bridgehead atoms. The molecule has 0 aromatic carbocycles. The molecule has 0 aliphatic rings. The summed E-state index contributed by atoms with van der Waals surface area (Å²) in [5.74, 6) is -5.58. The molecule has 1 radical (unpaired) electrons. The predicted molar refractivity (Wildman–Crippen MR) is 370 cm³/mol. The fourth-order valence-corrected chi connectivity index (χ4v) is 10.3. The second-order valence-corrected chi connectivity index (χ2v) is 25.3. The molecule has 0 aliphatic heterocycles. The number of ether oxygens (including phenoxy) is 13. The molecule has 0 fully saturated rings. The van der Waals surface area contributed by atoms with E-state index in [0.717, 1.165) is 44.3 Å². The van der Waals surface area contributed by atoms with Gasteiger partial charge in [0.15, 0.2) is 0 Å². The average Bonchev–Trinajstić information content (AvgIpc) is 1.70. The third kappa shape index (κ3) is 66.6. The number of carboxylic acids is 2. The molecule has 36 nitrogen and oxygen atoms in total. The number of hydrogen-bond acceptors (Lipinski definition) is 26. The van der Waals surface area contributed by atoms with Crippen molar-refractivity contribution in [1.29, 1.82) is 0 Å². The first-order valence-corrected chi connectivity index (χ1v) is 38.0. The van der Waals surface area contributed by atoms with Gasteiger partial charge in [-0.2, -0.15) is 0 Å². The zero-order valence-electron chi connectivity index (χ0n) is 60.5. The largest absolute Gasteiger partial charge is 0.480 e. The first-order valence-electron chi connectivity index (χ1n) is 36.3. The number of sulfonamides is 1. The van der Waals surface area contributed by atoms with Gasteiger partial charge in [-0.3, -0.25) is 33.5 Å². The highest BCUT2D eigenvalue weighted by Crippen LogP contribution is 2.14. The Kier molecular flexibility index (Phi) is 65.2. The number of nitrogens with zero attached hydrogens (tertiary/aromatic N) is 3. The predicted octanol–water partition coefficient (Wildman–Crippen LogP) is 1.29. The lowest BCUT2D eigenvalue weighted by atomic mass is 10.0. The van der Waals surface area contributed by atoms with Crippen molar-refractivity contribution in [2.45, 2.75) is 166 Å². The number of aromatic amines is 1. The number of rotatable bonds is 79. The van der Waals surface area contributed by atoms with Crippen molar-refractivity contribution in [3.8, 4) is 0 Å². The van der Waals surface area contributed by atoms with Crippen LogP contribution < -0.4 is 31.3 Å². The van der Waals surface area contributed by atoms with Crippen LogP contribution in [0.3, 0.4) is 0 Å². The topological polar surface area (TPSA) is 478 Å². The van der Waals surface area contributed by atoms with Crippen LogP contribution in [0.1, 0.15) is 154 Å². The van der Waals surface area contributed by atoms with E-state index in [1.807, 2.05) is 0 Å². The summed E-state index contributed by atoms with van der Waals surface area (Å²) in [5.41, 5.74) is 0. The molecule has 9 N–H and O–H groups in total. The molecule has 1 rings (SSSR count). The molecule has 2 unspecified atom stereocenters. The van der Waals surface area contributed by atoms with Gasteiger partial charge in [0.1, 0.15) is 24.5 Å². The number of unbranched alkanes of at least 4 members (excludes halogenated alkanes) is 12. The number of H-pyrrole nitrogens is 1. The fraction of sp³-hybridized carbons (Fsp3) is 0.864. The monoisotopic (exact) mass is 1500 g/mol. The first-order chi connectivity index (χ1) is 50.1. The Morgan fingerprint density at radius 1 is 0.350 bits per heavy atom. The lowest BCUT2D eigenvalue weighted by Crippen LogP contribution is -2.44. The van der Waals surface area contributed by atoms with Crippen LogP contribution in [-0.4, -0.2) is 302 Å². The van der Waals surface area contributed by atoms with Crippen molar-refractivity contribution in [2.75, 3.05) is 204 Å². The van der Waals surface area contributed by atoms with Crippen molar-refractivity contribution in [2.24, 2.45) is 0 Å². The van der Waals surface area contributed by atoms with Gasteiger partial charge in [-0.25, -0.2) is 28.2 Å². The van der Waals surface area contributed by atoms with Gasteiger partial charge in [0.25, 0.3) is 0 Å². The van der Waals surface area contributed by atoms with Gasteiger partial charge in [-0.05, 0) is 49.0 Å². The van der Waals surface area contributed by atoms with E-state index in [-0.39, 0.29) is 116 Å². The summed E-state index contributed by atoms with van der Waals surface area (Å²) >= 11 is 0. The molecule has 103 heavy (non-hydrogen) atoms. The van der Waals surface area contributed by atoms with Crippen LogP contribution in [0.2, 0.25) is 0 Å². The van der Waals surface area contributed by atoms with Crippen molar-refractivity contribution in [1.82, 2.24) is 51.9 Å². The maximum atomic E-state index is 12.6. The first kappa shape index (κ1) is 95.2. The van der Waals surface area contributed by atoms with E-state index in [0.29, 0.717) is 152 Å². The van der Waals surface area contributed by atoms with Crippen molar-refractivity contribution in [3.05, 3.63) is 5.82 Å². The Labute approximate surface area is 606 Å². The smallest absolute Gasteiger partial charge is 0.326 e. The van der Waals surface area contributed by atoms with Crippen molar-refractivity contribution in [3.63, 3.8) is 0 Å². The van der Waals surface area contributed by atoms with Crippen LogP contribution in [-0.2, 0) is 121 Å². The zero-order chi connectivity index (χ0) is 75.0. The number of carboxylic acid groups (broad SMARTS) is 2. The summed E-state index contributed by atoms with van der Waals surface area (Å²) in [6.45, 7) is 9.86. The second-order valence-electron chi connectivity index (χ2n) is 23.5. The summed E-state index contributed by atoms with van der Waals surface area (Å²) in [6, 6.07) is -2.93. The highest BCUT2D eigenvalue weighted by molar-refractivity contribution is 7.90. The van der Waals surface area contributed by atoms with Crippen molar-refractivity contribution >= 4 is 57.4 Å². The maximum absolute atomic E-state index is 12.6. The normalized spacial score (nSPS) is 12.0. The van der Waals surface area contributed by atoms with Gasteiger partial charge in [-0.15, -0.1) is 5.10 Å². The minimum atomic E-state index is -3.93. The van der Waals surface area contributed by atoms with E-state index in [1.54, 1.807) is 0 Å². The molecule has 37 heteroatoms. The van der Waals surface area contributed by atoms with Crippen LogP contribution in [0.5, 0.6) is 0 Å². The third-order valence-corrected chi connectivity index (χ3v) is 16.1. The minimum Gasteiger partial charge on any atom is -0.480 e. The van der Waals surface area contributed by atoms with E-state index in [1.165, 1.54) is 44.9 Å². The number of amides is 6. The van der Waals surface area contributed by atoms with Crippen LogP contribution >= 0.6 is 0 Å².